The van der Waals surface area contributed by atoms with Gasteiger partial charge in [0.1, 0.15) is 5.82 Å². The maximum atomic E-state index is 5.64. The molecule has 3 heteroatoms. The Balaban J connectivity index is 1.16. The summed E-state index contributed by atoms with van der Waals surface area (Å²) in [6.07, 6.45) is 0. The first-order chi connectivity index (χ1) is 30.2. The van der Waals surface area contributed by atoms with Crippen molar-refractivity contribution in [3.05, 3.63) is 253 Å². The summed E-state index contributed by atoms with van der Waals surface area (Å²) in [5, 5.41) is 3.65. The number of benzene rings is 9. The van der Waals surface area contributed by atoms with Gasteiger partial charge in [0.05, 0.1) is 21.3 Å². The number of hydrogen-bond acceptors (Lipinski definition) is 3. The molecule has 0 amide bonds. The van der Waals surface area contributed by atoms with E-state index in [0.717, 1.165) is 33.8 Å². The monoisotopic (exact) mass is 794 g/mol. The third-order valence-electron chi connectivity index (χ3n) is 12.5. The number of thiophene rings is 1. The minimum Gasteiger partial charge on any atom is -0.294 e. The minimum absolute atomic E-state index is 0.534. The van der Waals surface area contributed by atoms with Crippen LogP contribution in [-0.4, -0.2) is 4.98 Å². The SMILES string of the molecule is c1ccc(-c2ccc(N(c3ccc4sc5cc6ccccc6cc5c4n3)c3cc4c(cc3-c3ccccc3)C(c3ccccc3)(c3ccccc3)c3ccccc3-4)cc2)cc1. The molecule has 0 unspecified atom stereocenters. The maximum Gasteiger partial charge on any atom is 0.138 e. The molecule has 0 radical (unpaired) electrons. The molecule has 2 aromatic heterocycles. The molecule has 12 rings (SSSR count). The molecule has 11 aromatic rings. The zero-order valence-electron chi connectivity index (χ0n) is 33.2. The van der Waals surface area contributed by atoms with Gasteiger partial charge in [0.2, 0.25) is 0 Å². The van der Waals surface area contributed by atoms with Crippen molar-refractivity contribution in [3.63, 3.8) is 0 Å². The van der Waals surface area contributed by atoms with E-state index in [2.05, 4.69) is 235 Å². The van der Waals surface area contributed by atoms with Gasteiger partial charge in [-0.3, -0.25) is 4.90 Å². The van der Waals surface area contributed by atoms with E-state index < -0.39 is 5.41 Å². The average molecular weight is 795 g/mol. The predicted molar refractivity (Wildman–Crippen MR) is 257 cm³/mol. The van der Waals surface area contributed by atoms with Crippen molar-refractivity contribution >= 4 is 59.6 Å². The fourth-order valence-electron chi connectivity index (χ4n) is 9.78. The van der Waals surface area contributed by atoms with E-state index in [-0.39, 0.29) is 0 Å². The van der Waals surface area contributed by atoms with Crippen LogP contribution in [0.5, 0.6) is 0 Å². The number of pyridine rings is 1. The van der Waals surface area contributed by atoms with E-state index in [4.69, 9.17) is 4.98 Å². The quantitative estimate of drug-likeness (QED) is 0.160. The van der Waals surface area contributed by atoms with Crippen LogP contribution in [0.2, 0.25) is 0 Å². The second kappa shape index (κ2) is 14.3. The first-order valence-corrected chi connectivity index (χ1v) is 21.7. The van der Waals surface area contributed by atoms with Crippen LogP contribution < -0.4 is 4.90 Å². The van der Waals surface area contributed by atoms with Crippen LogP contribution in [0, 0.1) is 0 Å². The number of nitrogens with zero attached hydrogens (tertiary/aromatic N) is 2. The largest absolute Gasteiger partial charge is 0.294 e. The van der Waals surface area contributed by atoms with E-state index in [9.17, 15) is 0 Å². The van der Waals surface area contributed by atoms with Crippen molar-refractivity contribution in [3.8, 4) is 33.4 Å². The number of fused-ring (bicyclic) bond motifs is 7. The van der Waals surface area contributed by atoms with E-state index >= 15 is 0 Å². The van der Waals surface area contributed by atoms with Crippen molar-refractivity contribution in [2.75, 3.05) is 4.90 Å². The first kappa shape index (κ1) is 35.4. The number of rotatable bonds is 7. The summed E-state index contributed by atoms with van der Waals surface area (Å²) in [6, 6.07) is 84.2. The van der Waals surface area contributed by atoms with Gasteiger partial charge < -0.3 is 0 Å². The third-order valence-corrected chi connectivity index (χ3v) is 13.6. The molecule has 61 heavy (non-hydrogen) atoms. The summed E-state index contributed by atoms with van der Waals surface area (Å²) >= 11 is 1.81. The van der Waals surface area contributed by atoms with Crippen LogP contribution in [0.4, 0.5) is 17.2 Å². The van der Waals surface area contributed by atoms with Crippen molar-refractivity contribution in [2.45, 2.75) is 5.41 Å². The molecule has 2 nitrogen and oxygen atoms in total. The van der Waals surface area contributed by atoms with Crippen LogP contribution in [0.25, 0.3) is 64.5 Å². The maximum absolute atomic E-state index is 5.64. The Hall–Kier alpha value is -7.59. The van der Waals surface area contributed by atoms with Crippen molar-refractivity contribution in [1.29, 1.82) is 0 Å². The molecule has 0 saturated carbocycles. The molecule has 1 aliphatic rings. The number of anilines is 3. The zero-order valence-corrected chi connectivity index (χ0v) is 34.1. The zero-order chi connectivity index (χ0) is 40.3. The van der Waals surface area contributed by atoms with Gasteiger partial charge in [0, 0.05) is 21.3 Å². The Morgan fingerprint density at radius 1 is 0.393 bits per heavy atom. The molecular weight excluding hydrogens is 757 g/mol. The summed E-state index contributed by atoms with van der Waals surface area (Å²) in [5.41, 5.74) is 14.8. The molecule has 2 heterocycles. The second-order valence-electron chi connectivity index (χ2n) is 15.9. The molecule has 1 aliphatic carbocycles. The molecule has 0 aliphatic heterocycles. The van der Waals surface area contributed by atoms with Crippen LogP contribution in [0.15, 0.2) is 231 Å². The molecule has 0 N–H and O–H groups in total. The first-order valence-electron chi connectivity index (χ1n) is 20.9. The van der Waals surface area contributed by atoms with E-state index in [1.807, 2.05) is 11.3 Å². The summed E-state index contributed by atoms with van der Waals surface area (Å²) in [5.74, 6) is 0.869. The van der Waals surface area contributed by atoms with Gasteiger partial charge in [-0.15, -0.1) is 11.3 Å². The number of aromatic nitrogens is 1. The van der Waals surface area contributed by atoms with Gasteiger partial charge in [0.25, 0.3) is 0 Å². The van der Waals surface area contributed by atoms with Crippen molar-refractivity contribution in [1.82, 2.24) is 4.98 Å². The Morgan fingerprint density at radius 2 is 0.967 bits per heavy atom. The molecule has 0 spiro atoms. The van der Waals surface area contributed by atoms with E-state index in [1.165, 1.54) is 70.1 Å². The van der Waals surface area contributed by atoms with E-state index in [0.29, 0.717) is 0 Å². The van der Waals surface area contributed by atoms with Gasteiger partial charge >= 0.3 is 0 Å². The minimum atomic E-state index is -0.534. The molecule has 286 valence electrons. The predicted octanol–water partition coefficient (Wildman–Crippen LogP) is 15.8. The van der Waals surface area contributed by atoms with Gasteiger partial charge in [-0.25, -0.2) is 4.98 Å². The molecule has 9 aromatic carbocycles. The molecule has 0 atom stereocenters. The lowest BCUT2D eigenvalue weighted by molar-refractivity contribution is 0.769. The van der Waals surface area contributed by atoms with E-state index in [1.54, 1.807) is 0 Å². The van der Waals surface area contributed by atoms with Crippen LogP contribution in [0.1, 0.15) is 22.3 Å². The molecular formula is C58H38N2S. The molecule has 0 fully saturated rings. The lowest BCUT2D eigenvalue weighted by atomic mass is 9.67. The van der Waals surface area contributed by atoms with Crippen LogP contribution >= 0.6 is 11.3 Å². The van der Waals surface area contributed by atoms with Gasteiger partial charge in [-0.1, -0.05) is 182 Å². The highest BCUT2D eigenvalue weighted by atomic mass is 32.1. The highest BCUT2D eigenvalue weighted by Gasteiger charge is 2.46. The summed E-state index contributed by atoms with van der Waals surface area (Å²) in [6.45, 7) is 0. The summed E-state index contributed by atoms with van der Waals surface area (Å²) in [7, 11) is 0. The number of hydrogen-bond donors (Lipinski definition) is 0. The lowest BCUT2D eigenvalue weighted by Gasteiger charge is -2.35. The Kier molecular flexibility index (Phi) is 8.29. The summed E-state index contributed by atoms with van der Waals surface area (Å²) in [4.78, 5) is 8.02. The molecule has 0 saturated heterocycles. The normalized spacial score (nSPS) is 12.7. The van der Waals surface area contributed by atoms with Crippen molar-refractivity contribution in [2.24, 2.45) is 0 Å². The smallest absolute Gasteiger partial charge is 0.138 e. The highest BCUT2D eigenvalue weighted by Crippen LogP contribution is 2.59. The van der Waals surface area contributed by atoms with Gasteiger partial charge in [0.15, 0.2) is 0 Å². The highest BCUT2D eigenvalue weighted by molar-refractivity contribution is 7.25. The lowest BCUT2D eigenvalue weighted by Crippen LogP contribution is -2.28. The standard InChI is InChI=1S/C58H38N2S/c1-5-17-39(18-6-1)40-29-31-46(32-30-40)60(56-34-33-54-57(59-56)50-35-42-21-13-14-22-43(42)36-55(50)61-54)53-38-49-47-27-15-16-28-51(47)58(44-23-9-3-10-24-44,45-25-11-4-12-26-45)52(49)37-48(53)41-19-7-2-8-20-41/h1-38H. The Labute approximate surface area is 359 Å². The van der Waals surface area contributed by atoms with Crippen LogP contribution in [0.3, 0.4) is 0 Å². The Bertz CT molecular complexity index is 3350. The second-order valence-corrected chi connectivity index (χ2v) is 17.0. The summed E-state index contributed by atoms with van der Waals surface area (Å²) < 4.78 is 2.42. The Morgan fingerprint density at radius 3 is 1.66 bits per heavy atom. The topological polar surface area (TPSA) is 16.1 Å². The molecule has 0 bridgehead atoms. The third kappa shape index (κ3) is 5.66. The fourth-order valence-corrected chi connectivity index (χ4v) is 10.9. The van der Waals surface area contributed by atoms with Gasteiger partial charge in [-0.2, -0.15) is 0 Å². The fraction of sp³-hybridized carbons (Fsp3) is 0.0172. The van der Waals surface area contributed by atoms with Crippen LogP contribution in [-0.2, 0) is 5.41 Å². The van der Waals surface area contributed by atoms with Gasteiger partial charge in [-0.05, 0) is 109 Å². The average Bonchev–Trinajstić information content (AvgIpc) is 3.84. The van der Waals surface area contributed by atoms with Crippen molar-refractivity contribution < 1.29 is 0 Å².